The first-order valence-corrected chi connectivity index (χ1v) is 8.94. The van der Waals surface area contributed by atoms with E-state index >= 15 is 0 Å². The smallest absolute Gasteiger partial charge is 0.269 e. The second-order valence-electron chi connectivity index (χ2n) is 5.47. The lowest BCUT2D eigenvalue weighted by Crippen LogP contribution is -2.03. The average Bonchev–Trinajstić information content (AvgIpc) is 2.72. The fourth-order valence-corrected chi connectivity index (χ4v) is 3.10. The SMILES string of the molecule is COc1ccccc1-c1ccc(SCC(=O)c2ccc([N+](=O)[O-])cc2)nn1. The zero-order valence-electron chi connectivity index (χ0n) is 14.4. The fourth-order valence-electron chi connectivity index (χ4n) is 2.39. The van der Waals surface area contributed by atoms with E-state index in [9.17, 15) is 14.9 Å². The molecule has 8 heteroatoms. The van der Waals surface area contributed by atoms with Gasteiger partial charge in [0, 0.05) is 23.3 Å². The van der Waals surface area contributed by atoms with Gasteiger partial charge >= 0.3 is 0 Å². The molecule has 27 heavy (non-hydrogen) atoms. The predicted octanol–water partition coefficient (Wildman–Crippen LogP) is 4.04. The molecule has 1 heterocycles. The van der Waals surface area contributed by atoms with Crippen LogP contribution < -0.4 is 4.74 Å². The van der Waals surface area contributed by atoms with Gasteiger partial charge in [-0.25, -0.2) is 0 Å². The van der Waals surface area contributed by atoms with Crippen molar-refractivity contribution in [2.24, 2.45) is 0 Å². The first-order chi connectivity index (χ1) is 13.1. The molecule has 0 aliphatic carbocycles. The zero-order valence-corrected chi connectivity index (χ0v) is 15.2. The Bertz CT molecular complexity index is 959. The van der Waals surface area contributed by atoms with Gasteiger partial charge < -0.3 is 4.74 Å². The van der Waals surface area contributed by atoms with Gasteiger partial charge in [-0.05, 0) is 36.4 Å². The Morgan fingerprint density at radius 3 is 2.44 bits per heavy atom. The summed E-state index contributed by atoms with van der Waals surface area (Å²) in [6, 6.07) is 16.7. The van der Waals surface area contributed by atoms with Crippen molar-refractivity contribution in [3.63, 3.8) is 0 Å². The Labute approximate surface area is 159 Å². The standard InChI is InChI=1S/C19H15N3O4S/c1-26-18-5-3-2-4-15(18)16-10-11-19(21-20-16)27-12-17(23)13-6-8-14(9-7-13)22(24)25/h2-11H,12H2,1H3. The number of para-hydroxylation sites is 1. The number of nitrogens with zero attached hydrogens (tertiary/aromatic N) is 3. The van der Waals surface area contributed by atoms with Crippen molar-refractivity contribution in [1.82, 2.24) is 10.2 Å². The monoisotopic (exact) mass is 381 g/mol. The summed E-state index contributed by atoms with van der Waals surface area (Å²) in [6.07, 6.45) is 0. The van der Waals surface area contributed by atoms with Crippen LogP contribution in [0.2, 0.25) is 0 Å². The maximum atomic E-state index is 12.2. The van der Waals surface area contributed by atoms with E-state index in [-0.39, 0.29) is 17.2 Å². The molecule has 0 aliphatic heterocycles. The van der Waals surface area contributed by atoms with Crippen LogP contribution in [0.3, 0.4) is 0 Å². The van der Waals surface area contributed by atoms with Crippen molar-refractivity contribution < 1.29 is 14.5 Å². The van der Waals surface area contributed by atoms with Crippen LogP contribution in [0.25, 0.3) is 11.3 Å². The molecule has 0 amide bonds. The quantitative estimate of drug-likeness (QED) is 0.264. The summed E-state index contributed by atoms with van der Waals surface area (Å²) in [5.74, 6) is 0.742. The lowest BCUT2D eigenvalue weighted by atomic mass is 10.1. The highest BCUT2D eigenvalue weighted by Crippen LogP contribution is 2.28. The Kier molecular flexibility index (Phi) is 5.77. The average molecular weight is 381 g/mol. The minimum atomic E-state index is -0.498. The number of ketones is 1. The van der Waals surface area contributed by atoms with Gasteiger partial charge in [0.05, 0.1) is 23.5 Å². The number of non-ortho nitro benzene ring substituents is 1. The third-order valence-corrected chi connectivity index (χ3v) is 4.69. The van der Waals surface area contributed by atoms with E-state index in [0.29, 0.717) is 22.0 Å². The van der Waals surface area contributed by atoms with Gasteiger partial charge in [0.1, 0.15) is 10.8 Å². The zero-order chi connectivity index (χ0) is 19.2. The maximum Gasteiger partial charge on any atom is 0.269 e. The molecule has 0 radical (unpaired) electrons. The Morgan fingerprint density at radius 1 is 1.07 bits per heavy atom. The van der Waals surface area contributed by atoms with E-state index in [2.05, 4.69) is 10.2 Å². The number of carbonyl (C=O) groups is 1. The minimum absolute atomic E-state index is 0.0444. The molecule has 3 rings (SSSR count). The maximum absolute atomic E-state index is 12.2. The lowest BCUT2D eigenvalue weighted by molar-refractivity contribution is -0.384. The van der Waals surface area contributed by atoms with Crippen molar-refractivity contribution in [3.8, 4) is 17.0 Å². The van der Waals surface area contributed by atoms with Gasteiger partial charge in [-0.15, -0.1) is 10.2 Å². The number of methoxy groups -OCH3 is 1. The predicted molar refractivity (Wildman–Crippen MR) is 102 cm³/mol. The number of carbonyl (C=O) groups excluding carboxylic acids is 1. The molecule has 0 N–H and O–H groups in total. The third kappa shape index (κ3) is 4.48. The van der Waals surface area contributed by atoms with E-state index in [1.165, 1.54) is 36.0 Å². The summed E-state index contributed by atoms with van der Waals surface area (Å²) in [5, 5.41) is 19.6. The molecule has 7 nitrogen and oxygen atoms in total. The fraction of sp³-hybridized carbons (Fsp3) is 0.105. The van der Waals surface area contributed by atoms with Gasteiger partial charge in [0.2, 0.25) is 0 Å². The second kappa shape index (κ2) is 8.41. The van der Waals surface area contributed by atoms with Crippen LogP contribution in [0.4, 0.5) is 5.69 Å². The number of rotatable bonds is 7. The Balaban J connectivity index is 1.65. The van der Waals surface area contributed by atoms with Gasteiger partial charge in [-0.1, -0.05) is 23.9 Å². The number of aromatic nitrogens is 2. The molecule has 0 saturated heterocycles. The van der Waals surface area contributed by atoms with E-state index in [1.807, 2.05) is 30.3 Å². The molecule has 0 spiro atoms. The van der Waals surface area contributed by atoms with Gasteiger partial charge in [-0.2, -0.15) is 0 Å². The number of hydrogen-bond acceptors (Lipinski definition) is 7. The highest BCUT2D eigenvalue weighted by atomic mass is 32.2. The largest absolute Gasteiger partial charge is 0.496 e. The second-order valence-corrected chi connectivity index (χ2v) is 6.47. The van der Waals surface area contributed by atoms with Crippen molar-refractivity contribution >= 4 is 23.2 Å². The van der Waals surface area contributed by atoms with Crippen molar-refractivity contribution in [2.45, 2.75) is 5.03 Å². The van der Waals surface area contributed by atoms with Gasteiger partial charge in [0.15, 0.2) is 5.78 Å². The molecule has 0 bridgehead atoms. The number of nitro groups is 1. The van der Waals surface area contributed by atoms with Gasteiger partial charge in [0.25, 0.3) is 5.69 Å². The normalized spacial score (nSPS) is 10.4. The summed E-state index contributed by atoms with van der Waals surface area (Å²) in [6.45, 7) is 0. The number of thioether (sulfide) groups is 1. The van der Waals surface area contributed by atoms with E-state index in [4.69, 9.17) is 4.74 Å². The summed E-state index contributed by atoms with van der Waals surface area (Å²) in [7, 11) is 1.60. The van der Waals surface area contributed by atoms with Crippen LogP contribution in [0, 0.1) is 10.1 Å². The van der Waals surface area contributed by atoms with Crippen molar-refractivity contribution in [2.75, 3.05) is 12.9 Å². The molecule has 136 valence electrons. The Hall–Kier alpha value is -3.26. The molecule has 0 aliphatic rings. The highest BCUT2D eigenvalue weighted by molar-refractivity contribution is 7.99. The Morgan fingerprint density at radius 2 is 1.81 bits per heavy atom. The topological polar surface area (TPSA) is 95.2 Å². The number of Topliss-reactive ketones (excluding diaryl/α,β-unsaturated/α-hetero) is 1. The van der Waals surface area contributed by atoms with E-state index in [0.717, 1.165) is 5.56 Å². The molecular formula is C19H15N3O4S. The minimum Gasteiger partial charge on any atom is -0.496 e. The van der Waals surface area contributed by atoms with E-state index in [1.54, 1.807) is 13.2 Å². The van der Waals surface area contributed by atoms with Crippen LogP contribution in [0.5, 0.6) is 5.75 Å². The van der Waals surface area contributed by atoms with E-state index < -0.39 is 4.92 Å². The number of hydrogen-bond donors (Lipinski definition) is 0. The van der Waals surface area contributed by atoms with Crippen molar-refractivity contribution in [1.29, 1.82) is 0 Å². The molecule has 0 atom stereocenters. The van der Waals surface area contributed by atoms with Crippen LogP contribution in [0.15, 0.2) is 65.7 Å². The molecule has 0 unspecified atom stereocenters. The molecular weight excluding hydrogens is 366 g/mol. The summed E-state index contributed by atoms with van der Waals surface area (Å²) >= 11 is 1.26. The van der Waals surface area contributed by atoms with Crippen molar-refractivity contribution in [3.05, 3.63) is 76.3 Å². The summed E-state index contributed by atoms with van der Waals surface area (Å²) < 4.78 is 5.32. The highest BCUT2D eigenvalue weighted by Gasteiger charge is 2.11. The summed E-state index contributed by atoms with van der Waals surface area (Å²) in [4.78, 5) is 22.4. The number of nitro benzene ring substituents is 1. The number of ether oxygens (including phenoxy) is 1. The molecule has 1 aromatic heterocycles. The number of benzene rings is 2. The van der Waals surface area contributed by atoms with Crippen LogP contribution in [-0.2, 0) is 0 Å². The van der Waals surface area contributed by atoms with Gasteiger partial charge in [-0.3, -0.25) is 14.9 Å². The van der Waals surface area contributed by atoms with Crippen LogP contribution in [-0.4, -0.2) is 33.8 Å². The lowest BCUT2D eigenvalue weighted by Gasteiger charge is -2.07. The first kappa shape index (κ1) is 18.5. The first-order valence-electron chi connectivity index (χ1n) is 7.96. The molecule has 3 aromatic rings. The van der Waals surface area contributed by atoms with Crippen LogP contribution >= 0.6 is 11.8 Å². The van der Waals surface area contributed by atoms with Crippen LogP contribution in [0.1, 0.15) is 10.4 Å². The third-order valence-electron chi connectivity index (χ3n) is 3.77. The molecule has 2 aromatic carbocycles. The molecule has 0 saturated carbocycles. The molecule has 0 fully saturated rings. The summed E-state index contributed by atoms with van der Waals surface area (Å²) in [5.41, 5.74) is 1.90.